The standard InChI is InChI=1S/C15H6Cl2O3/c16-10-6-5-9(15(17)20)11-12(10)14(19)8-4-2-1-3-7(8)13(11)18/h1-6H. The number of hydrogen-bond donors (Lipinski definition) is 0. The molecule has 0 aromatic heterocycles. The van der Waals surface area contributed by atoms with E-state index in [2.05, 4.69) is 0 Å². The SMILES string of the molecule is O=C(Cl)c1ccc(Cl)c2c1C(=O)c1ccccc1C2=O. The number of fused-ring (bicyclic) bond motifs is 2. The average Bonchev–Trinajstić information content (AvgIpc) is 2.44. The fourth-order valence-electron chi connectivity index (χ4n) is 2.35. The minimum Gasteiger partial charge on any atom is -0.289 e. The molecule has 1 aliphatic carbocycles. The monoisotopic (exact) mass is 304 g/mol. The molecule has 3 rings (SSSR count). The molecule has 0 unspecified atom stereocenters. The molecule has 1 aliphatic rings. The number of carbonyl (C=O) groups is 3. The van der Waals surface area contributed by atoms with Crippen molar-refractivity contribution < 1.29 is 14.4 Å². The fourth-order valence-corrected chi connectivity index (χ4v) is 2.75. The van der Waals surface area contributed by atoms with Crippen LogP contribution in [0.3, 0.4) is 0 Å². The summed E-state index contributed by atoms with van der Waals surface area (Å²) < 4.78 is 0. The normalized spacial score (nSPS) is 12.9. The minimum atomic E-state index is -0.793. The Labute approximate surface area is 124 Å². The van der Waals surface area contributed by atoms with Gasteiger partial charge in [0, 0.05) is 22.3 Å². The molecule has 0 saturated heterocycles. The third kappa shape index (κ3) is 1.71. The van der Waals surface area contributed by atoms with Crippen LogP contribution in [0, 0.1) is 0 Å². The number of ketones is 2. The quantitative estimate of drug-likeness (QED) is 0.647. The Morgan fingerprint density at radius 3 is 1.95 bits per heavy atom. The highest BCUT2D eigenvalue weighted by molar-refractivity contribution is 6.68. The highest BCUT2D eigenvalue weighted by atomic mass is 35.5. The van der Waals surface area contributed by atoms with Gasteiger partial charge in [-0.2, -0.15) is 0 Å². The van der Waals surface area contributed by atoms with E-state index in [4.69, 9.17) is 23.2 Å². The minimum absolute atomic E-state index is 0.00100. The van der Waals surface area contributed by atoms with Gasteiger partial charge in [-0.05, 0) is 23.7 Å². The maximum absolute atomic E-state index is 12.5. The van der Waals surface area contributed by atoms with Crippen LogP contribution in [0.2, 0.25) is 5.02 Å². The molecule has 0 amide bonds. The fraction of sp³-hybridized carbons (Fsp3) is 0. The molecule has 0 fully saturated rings. The van der Waals surface area contributed by atoms with Gasteiger partial charge in [0.05, 0.1) is 10.6 Å². The van der Waals surface area contributed by atoms with E-state index < -0.39 is 11.0 Å². The molecule has 0 heterocycles. The van der Waals surface area contributed by atoms with Crippen molar-refractivity contribution in [2.24, 2.45) is 0 Å². The van der Waals surface area contributed by atoms with Crippen LogP contribution in [0.4, 0.5) is 0 Å². The van der Waals surface area contributed by atoms with E-state index >= 15 is 0 Å². The van der Waals surface area contributed by atoms with Crippen molar-refractivity contribution >= 4 is 40.0 Å². The summed E-state index contributed by atoms with van der Waals surface area (Å²) in [5.74, 6) is -0.790. The summed E-state index contributed by atoms with van der Waals surface area (Å²) in [6.07, 6.45) is 0. The van der Waals surface area contributed by atoms with Crippen molar-refractivity contribution in [3.8, 4) is 0 Å². The van der Waals surface area contributed by atoms with Gasteiger partial charge in [0.25, 0.3) is 5.24 Å². The lowest BCUT2D eigenvalue weighted by Gasteiger charge is -2.19. The lowest BCUT2D eigenvalue weighted by Crippen LogP contribution is -2.23. The summed E-state index contributed by atoms with van der Waals surface area (Å²) >= 11 is 11.5. The van der Waals surface area contributed by atoms with Crippen molar-refractivity contribution in [1.82, 2.24) is 0 Å². The van der Waals surface area contributed by atoms with Crippen LogP contribution in [-0.2, 0) is 0 Å². The van der Waals surface area contributed by atoms with Gasteiger partial charge in [-0.1, -0.05) is 35.9 Å². The van der Waals surface area contributed by atoms with Crippen molar-refractivity contribution in [2.75, 3.05) is 0 Å². The second kappa shape index (κ2) is 4.54. The van der Waals surface area contributed by atoms with Gasteiger partial charge in [0.15, 0.2) is 11.6 Å². The Kier molecular flexibility index (Phi) is 2.96. The Balaban J connectivity index is 2.41. The second-order valence-corrected chi connectivity index (χ2v) is 5.07. The molecule has 0 N–H and O–H groups in total. The van der Waals surface area contributed by atoms with E-state index in [9.17, 15) is 14.4 Å². The van der Waals surface area contributed by atoms with Gasteiger partial charge < -0.3 is 0 Å². The molecule has 98 valence electrons. The maximum atomic E-state index is 12.5. The molecule has 0 aliphatic heterocycles. The number of rotatable bonds is 1. The molecule has 0 atom stereocenters. The molecule has 0 saturated carbocycles. The molecule has 0 bridgehead atoms. The third-order valence-electron chi connectivity index (χ3n) is 3.24. The van der Waals surface area contributed by atoms with Crippen LogP contribution in [0.1, 0.15) is 42.2 Å². The Bertz CT molecular complexity index is 794. The zero-order chi connectivity index (χ0) is 14.4. The molecule has 2 aromatic rings. The van der Waals surface area contributed by atoms with Crippen LogP contribution >= 0.6 is 23.2 Å². The number of carbonyl (C=O) groups excluding carboxylic acids is 3. The maximum Gasteiger partial charge on any atom is 0.253 e. The van der Waals surface area contributed by atoms with Crippen molar-refractivity contribution in [1.29, 1.82) is 0 Å². The summed E-state index contributed by atoms with van der Waals surface area (Å²) in [7, 11) is 0. The first-order valence-electron chi connectivity index (χ1n) is 5.73. The van der Waals surface area contributed by atoms with Gasteiger partial charge in [-0.15, -0.1) is 0 Å². The number of hydrogen-bond acceptors (Lipinski definition) is 3. The van der Waals surface area contributed by atoms with Crippen molar-refractivity contribution in [3.63, 3.8) is 0 Å². The van der Waals surface area contributed by atoms with Gasteiger partial charge in [-0.3, -0.25) is 14.4 Å². The topological polar surface area (TPSA) is 51.2 Å². The van der Waals surface area contributed by atoms with Crippen molar-refractivity contribution in [2.45, 2.75) is 0 Å². The zero-order valence-electron chi connectivity index (χ0n) is 9.94. The average molecular weight is 305 g/mol. The Morgan fingerprint density at radius 1 is 0.850 bits per heavy atom. The summed E-state index contributed by atoms with van der Waals surface area (Å²) in [6, 6.07) is 9.18. The van der Waals surface area contributed by atoms with E-state index in [-0.39, 0.29) is 38.6 Å². The predicted molar refractivity (Wildman–Crippen MR) is 74.9 cm³/mol. The lowest BCUT2D eigenvalue weighted by atomic mass is 9.82. The number of benzene rings is 2. The second-order valence-electron chi connectivity index (χ2n) is 4.32. The van der Waals surface area contributed by atoms with Gasteiger partial charge >= 0.3 is 0 Å². The van der Waals surface area contributed by atoms with Crippen LogP contribution < -0.4 is 0 Å². The Morgan fingerprint density at radius 2 is 1.40 bits per heavy atom. The molecule has 2 aromatic carbocycles. The van der Waals surface area contributed by atoms with E-state index in [1.165, 1.54) is 12.1 Å². The summed E-state index contributed by atoms with van der Waals surface area (Å²) in [5.41, 5.74) is 0.569. The Hall–Kier alpha value is -1.97. The zero-order valence-corrected chi connectivity index (χ0v) is 11.5. The first-order valence-corrected chi connectivity index (χ1v) is 6.48. The first kappa shape index (κ1) is 13.0. The van der Waals surface area contributed by atoms with Crippen molar-refractivity contribution in [3.05, 3.63) is 69.2 Å². The molecular weight excluding hydrogens is 299 g/mol. The highest BCUT2D eigenvalue weighted by Gasteiger charge is 2.34. The molecule has 5 heteroatoms. The molecule has 3 nitrogen and oxygen atoms in total. The molecule has 20 heavy (non-hydrogen) atoms. The van der Waals surface area contributed by atoms with Crippen LogP contribution in [0.25, 0.3) is 0 Å². The number of halogens is 2. The van der Waals surface area contributed by atoms with E-state index in [1.54, 1.807) is 24.3 Å². The van der Waals surface area contributed by atoms with Crippen LogP contribution in [0.5, 0.6) is 0 Å². The lowest BCUT2D eigenvalue weighted by molar-refractivity contribution is 0.0974. The third-order valence-corrected chi connectivity index (χ3v) is 3.76. The van der Waals surface area contributed by atoms with E-state index in [0.717, 1.165) is 0 Å². The van der Waals surface area contributed by atoms with E-state index in [1.807, 2.05) is 0 Å². The van der Waals surface area contributed by atoms with E-state index in [0.29, 0.717) is 0 Å². The largest absolute Gasteiger partial charge is 0.289 e. The molecule has 0 radical (unpaired) electrons. The van der Waals surface area contributed by atoms with Crippen LogP contribution in [-0.4, -0.2) is 16.8 Å². The smallest absolute Gasteiger partial charge is 0.253 e. The summed E-state index contributed by atoms with van der Waals surface area (Å²) in [5, 5.41) is -0.659. The molecular formula is C15H6Cl2O3. The van der Waals surface area contributed by atoms with Gasteiger partial charge in [0.2, 0.25) is 0 Å². The van der Waals surface area contributed by atoms with Gasteiger partial charge in [0.1, 0.15) is 0 Å². The van der Waals surface area contributed by atoms with Gasteiger partial charge in [-0.25, -0.2) is 0 Å². The summed E-state index contributed by atoms with van der Waals surface area (Å²) in [6.45, 7) is 0. The first-order chi connectivity index (χ1) is 9.52. The summed E-state index contributed by atoms with van der Waals surface area (Å²) in [4.78, 5) is 36.4. The molecule has 0 spiro atoms. The predicted octanol–water partition coefficient (Wildman–Crippen LogP) is 3.49. The van der Waals surface area contributed by atoms with Crippen LogP contribution in [0.15, 0.2) is 36.4 Å². The highest BCUT2D eigenvalue weighted by Crippen LogP contribution is 2.34.